The molecule has 0 aromatic heterocycles. The molecule has 0 spiro atoms. The molecule has 16 heavy (non-hydrogen) atoms. The number of nitriles is 1. The van der Waals surface area contributed by atoms with Crippen molar-refractivity contribution in [1.82, 2.24) is 5.32 Å². The van der Waals surface area contributed by atoms with Gasteiger partial charge in [0.15, 0.2) is 0 Å². The van der Waals surface area contributed by atoms with E-state index in [-0.39, 0.29) is 0 Å². The van der Waals surface area contributed by atoms with Gasteiger partial charge in [0.1, 0.15) is 0 Å². The third kappa shape index (κ3) is 9.78. The number of rotatable bonds is 8. The van der Waals surface area contributed by atoms with Crippen molar-refractivity contribution in [2.24, 2.45) is 0 Å². The predicted octanol–water partition coefficient (Wildman–Crippen LogP) is 3.39. The zero-order chi connectivity index (χ0) is 12.4. The van der Waals surface area contributed by atoms with E-state index in [1.54, 1.807) is 0 Å². The molecule has 0 aliphatic rings. The summed E-state index contributed by atoms with van der Waals surface area (Å²) in [6.45, 7) is 1.02. The number of unbranched alkanes of at least 4 members (excludes halogenated alkanes) is 4. The van der Waals surface area contributed by atoms with Crippen molar-refractivity contribution in [1.29, 1.82) is 5.26 Å². The van der Waals surface area contributed by atoms with Crippen molar-refractivity contribution in [3.63, 3.8) is 0 Å². The summed E-state index contributed by atoms with van der Waals surface area (Å²) in [4.78, 5) is 0. The maximum absolute atomic E-state index is 11.9. The van der Waals surface area contributed by atoms with Crippen LogP contribution >= 0.6 is 0 Å². The fraction of sp³-hybridized carbons (Fsp3) is 0.909. The SMILES string of the molecule is CCCCCCCC(C#N)NCC(F)(F)F. The Morgan fingerprint density at radius 1 is 1.19 bits per heavy atom. The normalized spacial score (nSPS) is 13.4. The van der Waals surface area contributed by atoms with Gasteiger partial charge in [-0.25, -0.2) is 0 Å². The van der Waals surface area contributed by atoms with Crippen LogP contribution in [-0.2, 0) is 0 Å². The summed E-state index contributed by atoms with van der Waals surface area (Å²) in [6.07, 6.45) is 1.42. The number of halogens is 3. The second-order valence-electron chi connectivity index (χ2n) is 3.88. The molecule has 5 heteroatoms. The Balaban J connectivity index is 3.57. The minimum absolute atomic E-state index is 0.496. The van der Waals surface area contributed by atoms with E-state index in [1.165, 1.54) is 0 Å². The van der Waals surface area contributed by atoms with E-state index >= 15 is 0 Å². The highest BCUT2D eigenvalue weighted by Crippen LogP contribution is 2.13. The Labute approximate surface area is 94.8 Å². The molecule has 0 aliphatic carbocycles. The Hall–Kier alpha value is -0.760. The molecule has 0 amide bonds. The maximum atomic E-state index is 11.9. The molecule has 94 valence electrons. The Morgan fingerprint density at radius 2 is 1.81 bits per heavy atom. The van der Waals surface area contributed by atoms with E-state index in [0.717, 1.165) is 32.1 Å². The van der Waals surface area contributed by atoms with Gasteiger partial charge in [-0.05, 0) is 6.42 Å². The largest absolute Gasteiger partial charge is 0.401 e. The highest BCUT2D eigenvalue weighted by atomic mass is 19.4. The zero-order valence-electron chi connectivity index (χ0n) is 9.61. The van der Waals surface area contributed by atoms with E-state index in [1.807, 2.05) is 6.07 Å². The van der Waals surface area contributed by atoms with Crippen LogP contribution in [0, 0.1) is 11.3 Å². The Kier molecular flexibility index (Phi) is 8.00. The molecule has 0 radical (unpaired) electrons. The van der Waals surface area contributed by atoms with Gasteiger partial charge in [-0.2, -0.15) is 18.4 Å². The van der Waals surface area contributed by atoms with E-state index < -0.39 is 18.8 Å². The summed E-state index contributed by atoms with van der Waals surface area (Å²) in [7, 11) is 0. The number of alkyl halides is 3. The third-order valence-corrected chi connectivity index (χ3v) is 2.30. The lowest BCUT2D eigenvalue weighted by molar-refractivity contribution is -0.125. The maximum Gasteiger partial charge on any atom is 0.401 e. The number of nitrogens with zero attached hydrogens (tertiary/aromatic N) is 1. The quantitative estimate of drug-likeness (QED) is 0.656. The summed E-state index contributed by atoms with van der Waals surface area (Å²) in [6, 6.07) is 1.18. The molecule has 2 nitrogen and oxygen atoms in total. The van der Waals surface area contributed by atoms with Crippen LogP contribution in [0.25, 0.3) is 0 Å². The summed E-state index contributed by atoms with van der Waals surface area (Å²) >= 11 is 0. The predicted molar refractivity (Wildman–Crippen MR) is 56.8 cm³/mol. The van der Waals surface area contributed by atoms with Gasteiger partial charge in [-0.3, -0.25) is 5.32 Å². The van der Waals surface area contributed by atoms with Crippen LogP contribution in [0.1, 0.15) is 45.4 Å². The molecule has 0 saturated carbocycles. The fourth-order valence-corrected chi connectivity index (χ4v) is 1.40. The van der Waals surface area contributed by atoms with E-state index in [0.29, 0.717) is 6.42 Å². The molecule has 1 unspecified atom stereocenters. The van der Waals surface area contributed by atoms with Crippen LogP contribution in [-0.4, -0.2) is 18.8 Å². The summed E-state index contributed by atoms with van der Waals surface area (Å²) in [5.41, 5.74) is 0. The summed E-state index contributed by atoms with van der Waals surface area (Å²) < 4.78 is 35.6. The summed E-state index contributed by atoms with van der Waals surface area (Å²) in [5.74, 6) is 0. The molecule has 1 N–H and O–H groups in total. The molecule has 0 heterocycles. The number of nitrogens with one attached hydrogen (secondary N) is 1. The van der Waals surface area contributed by atoms with Crippen LogP contribution in [0.2, 0.25) is 0 Å². The van der Waals surface area contributed by atoms with Crippen molar-refractivity contribution in [3.8, 4) is 6.07 Å². The molecule has 0 fully saturated rings. The first-order chi connectivity index (χ1) is 7.49. The lowest BCUT2D eigenvalue weighted by Gasteiger charge is -2.13. The van der Waals surface area contributed by atoms with E-state index in [9.17, 15) is 13.2 Å². The average Bonchev–Trinajstić information content (AvgIpc) is 2.21. The van der Waals surface area contributed by atoms with Gasteiger partial charge in [0.25, 0.3) is 0 Å². The van der Waals surface area contributed by atoms with Crippen molar-refractivity contribution < 1.29 is 13.2 Å². The van der Waals surface area contributed by atoms with E-state index in [4.69, 9.17) is 5.26 Å². The number of hydrogen-bond acceptors (Lipinski definition) is 2. The van der Waals surface area contributed by atoms with Gasteiger partial charge < -0.3 is 0 Å². The van der Waals surface area contributed by atoms with Crippen molar-refractivity contribution >= 4 is 0 Å². The average molecular weight is 236 g/mol. The van der Waals surface area contributed by atoms with Gasteiger partial charge >= 0.3 is 6.18 Å². The second kappa shape index (κ2) is 8.40. The molecular weight excluding hydrogens is 217 g/mol. The molecule has 0 saturated heterocycles. The lowest BCUT2D eigenvalue weighted by Crippen LogP contribution is -2.36. The summed E-state index contributed by atoms with van der Waals surface area (Å²) in [5, 5.41) is 10.9. The molecule has 0 aliphatic heterocycles. The first kappa shape index (κ1) is 15.2. The molecule has 1 atom stereocenters. The zero-order valence-corrected chi connectivity index (χ0v) is 9.61. The van der Waals surface area contributed by atoms with Crippen molar-refractivity contribution in [3.05, 3.63) is 0 Å². The smallest absolute Gasteiger partial charge is 0.294 e. The van der Waals surface area contributed by atoms with Gasteiger partial charge in [-0.15, -0.1) is 0 Å². The minimum Gasteiger partial charge on any atom is -0.294 e. The first-order valence-corrected chi connectivity index (χ1v) is 5.69. The Bertz CT molecular complexity index is 208. The fourth-order valence-electron chi connectivity index (χ4n) is 1.40. The first-order valence-electron chi connectivity index (χ1n) is 5.69. The van der Waals surface area contributed by atoms with Crippen LogP contribution in [0.3, 0.4) is 0 Å². The third-order valence-electron chi connectivity index (χ3n) is 2.30. The van der Waals surface area contributed by atoms with Gasteiger partial charge in [0.05, 0.1) is 18.7 Å². The highest BCUT2D eigenvalue weighted by molar-refractivity contribution is 4.89. The molecule has 0 bridgehead atoms. The van der Waals surface area contributed by atoms with E-state index in [2.05, 4.69) is 12.2 Å². The highest BCUT2D eigenvalue weighted by Gasteiger charge is 2.27. The van der Waals surface area contributed by atoms with Gasteiger partial charge in [0, 0.05) is 0 Å². The lowest BCUT2D eigenvalue weighted by atomic mass is 10.1. The van der Waals surface area contributed by atoms with Crippen LogP contribution in [0.15, 0.2) is 0 Å². The Morgan fingerprint density at radius 3 is 2.31 bits per heavy atom. The standard InChI is InChI=1S/C11H19F3N2/c1-2-3-4-5-6-7-10(8-15)16-9-11(12,13)14/h10,16H,2-7,9H2,1H3. The molecule has 0 aromatic carbocycles. The molecule has 0 aromatic rings. The molecule has 0 rings (SSSR count). The van der Waals surface area contributed by atoms with Crippen molar-refractivity contribution in [2.75, 3.05) is 6.54 Å². The van der Waals surface area contributed by atoms with Crippen LogP contribution < -0.4 is 5.32 Å². The van der Waals surface area contributed by atoms with Crippen LogP contribution in [0.4, 0.5) is 13.2 Å². The van der Waals surface area contributed by atoms with Gasteiger partial charge in [0.2, 0.25) is 0 Å². The minimum atomic E-state index is -4.24. The monoisotopic (exact) mass is 236 g/mol. The topological polar surface area (TPSA) is 35.8 Å². The molecular formula is C11H19F3N2. The second-order valence-corrected chi connectivity index (χ2v) is 3.88. The van der Waals surface area contributed by atoms with Gasteiger partial charge in [-0.1, -0.05) is 39.0 Å². The van der Waals surface area contributed by atoms with Crippen LogP contribution in [0.5, 0.6) is 0 Å². The van der Waals surface area contributed by atoms with Crippen molar-refractivity contribution in [2.45, 2.75) is 57.7 Å². The number of hydrogen-bond donors (Lipinski definition) is 1.